The lowest BCUT2D eigenvalue weighted by molar-refractivity contribution is -0.149. The number of likely N-dealkylation sites (tertiary alicyclic amines) is 1. The maximum atomic E-state index is 13.2. The molecular formula is C26H34N4O6. The minimum atomic E-state index is -0.843. The molecule has 10 heteroatoms. The van der Waals surface area contributed by atoms with Crippen molar-refractivity contribution in [1.82, 2.24) is 20.0 Å². The zero-order chi connectivity index (χ0) is 25.4. The number of amides is 5. The lowest BCUT2D eigenvalue weighted by Gasteiger charge is -2.52. The van der Waals surface area contributed by atoms with Crippen LogP contribution in [0.5, 0.6) is 11.5 Å². The highest BCUT2D eigenvalue weighted by Crippen LogP contribution is 2.38. The minimum Gasteiger partial charge on any atom is -0.493 e. The van der Waals surface area contributed by atoms with E-state index >= 15 is 0 Å². The van der Waals surface area contributed by atoms with Crippen molar-refractivity contribution in [3.8, 4) is 11.5 Å². The molecule has 0 aliphatic carbocycles. The van der Waals surface area contributed by atoms with Crippen LogP contribution in [0.2, 0.25) is 0 Å². The summed E-state index contributed by atoms with van der Waals surface area (Å²) in [5, 5.41) is 2.69. The summed E-state index contributed by atoms with van der Waals surface area (Å²) in [4.78, 5) is 56.1. The fraction of sp³-hybridized carbons (Fsp3) is 0.615. The topological polar surface area (TPSA) is 108 Å². The van der Waals surface area contributed by atoms with E-state index in [4.69, 9.17) is 9.47 Å². The van der Waals surface area contributed by atoms with Gasteiger partial charge in [0, 0.05) is 38.6 Å². The van der Waals surface area contributed by atoms with Crippen LogP contribution in [0.15, 0.2) is 18.2 Å². The minimum absolute atomic E-state index is 0.0375. The number of piperidine rings is 3. The number of nitrogens with zero attached hydrogens (tertiary/aromatic N) is 3. The SMILES string of the molecule is COc1ccc(CCN2C(=O)NC(CC(=O)N3C[C@H]4C[C@@H](C3)C3CCCC(=O)N3C4)C2=O)cc1OC. The molecule has 2 unspecified atom stereocenters. The number of carbonyl (C=O) groups is 4. The van der Waals surface area contributed by atoms with Gasteiger partial charge in [-0.2, -0.15) is 0 Å². The van der Waals surface area contributed by atoms with Crippen LogP contribution < -0.4 is 14.8 Å². The number of hydrogen-bond acceptors (Lipinski definition) is 6. The molecule has 36 heavy (non-hydrogen) atoms. The number of fused-ring (bicyclic) bond motifs is 4. The Bertz CT molecular complexity index is 1060. The van der Waals surface area contributed by atoms with Gasteiger partial charge in [0.1, 0.15) is 6.04 Å². The van der Waals surface area contributed by atoms with Gasteiger partial charge in [0.15, 0.2) is 11.5 Å². The third-order valence-corrected chi connectivity index (χ3v) is 8.09. The van der Waals surface area contributed by atoms with Crippen LogP contribution in [0.1, 0.15) is 37.7 Å². The van der Waals surface area contributed by atoms with Crippen molar-refractivity contribution in [2.45, 2.75) is 50.6 Å². The maximum absolute atomic E-state index is 13.2. The van der Waals surface area contributed by atoms with E-state index in [1.807, 2.05) is 21.9 Å². The van der Waals surface area contributed by atoms with Crippen LogP contribution in [0.4, 0.5) is 4.79 Å². The van der Waals surface area contributed by atoms with Gasteiger partial charge < -0.3 is 24.6 Å². The largest absolute Gasteiger partial charge is 0.493 e. The summed E-state index contributed by atoms with van der Waals surface area (Å²) in [7, 11) is 3.12. The first kappa shape index (κ1) is 24.4. The summed E-state index contributed by atoms with van der Waals surface area (Å²) in [6.07, 6.45) is 4.01. The van der Waals surface area contributed by atoms with Crippen LogP contribution in [-0.4, -0.2) is 90.9 Å². The lowest BCUT2D eigenvalue weighted by atomic mass is 9.76. The van der Waals surface area contributed by atoms with Crippen LogP contribution in [0, 0.1) is 11.8 Å². The van der Waals surface area contributed by atoms with E-state index in [1.165, 1.54) is 4.90 Å². The van der Waals surface area contributed by atoms with Crippen LogP contribution in [0.3, 0.4) is 0 Å². The average Bonchev–Trinajstić information content (AvgIpc) is 3.14. The van der Waals surface area contributed by atoms with E-state index in [9.17, 15) is 19.2 Å². The molecule has 0 aromatic heterocycles. The normalized spacial score (nSPS) is 27.6. The number of ether oxygens (including phenoxy) is 2. The second-order valence-corrected chi connectivity index (χ2v) is 10.3. The molecule has 1 aromatic rings. The molecule has 2 bridgehead atoms. The zero-order valence-electron chi connectivity index (χ0n) is 20.9. The van der Waals surface area contributed by atoms with Crippen molar-refractivity contribution in [2.75, 3.05) is 40.4 Å². The molecule has 4 fully saturated rings. The van der Waals surface area contributed by atoms with Gasteiger partial charge in [-0.15, -0.1) is 0 Å². The molecule has 4 aliphatic heterocycles. The molecule has 4 saturated heterocycles. The Hall–Kier alpha value is -3.30. The summed E-state index contributed by atoms with van der Waals surface area (Å²) in [5.41, 5.74) is 0.905. The van der Waals surface area contributed by atoms with Gasteiger partial charge in [0.25, 0.3) is 5.91 Å². The Balaban J connectivity index is 1.17. The van der Waals surface area contributed by atoms with Crippen molar-refractivity contribution in [2.24, 2.45) is 11.8 Å². The third-order valence-electron chi connectivity index (χ3n) is 8.09. The highest BCUT2D eigenvalue weighted by atomic mass is 16.5. The number of carbonyl (C=O) groups excluding carboxylic acids is 4. The van der Waals surface area contributed by atoms with E-state index < -0.39 is 12.1 Å². The Kier molecular flexibility index (Phi) is 6.77. The first-order valence-corrected chi connectivity index (χ1v) is 12.8. The Morgan fingerprint density at radius 1 is 1.08 bits per heavy atom. The second kappa shape index (κ2) is 9.99. The van der Waals surface area contributed by atoms with E-state index in [0.717, 1.165) is 24.8 Å². The highest BCUT2D eigenvalue weighted by molar-refractivity contribution is 6.05. The van der Waals surface area contributed by atoms with Crippen LogP contribution in [-0.2, 0) is 20.8 Å². The predicted octanol–water partition coefficient (Wildman–Crippen LogP) is 1.42. The van der Waals surface area contributed by atoms with Gasteiger partial charge >= 0.3 is 6.03 Å². The molecule has 5 amide bonds. The number of benzene rings is 1. The molecular weight excluding hydrogens is 464 g/mol. The second-order valence-electron chi connectivity index (χ2n) is 10.3. The van der Waals surface area contributed by atoms with Crippen molar-refractivity contribution >= 4 is 23.8 Å². The zero-order valence-corrected chi connectivity index (χ0v) is 20.9. The van der Waals surface area contributed by atoms with E-state index in [0.29, 0.717) is 44.0 Å². The molecule has 0 saturated carbocycles. The van der Waals surface area contributed by atoms with E-state index in [2.05, 4.69) is 5.32 Å². The standard InChI is InChI=1S/C26H34N4O6/c1-35-21-7-6-16(11-22(21)36-2)8-9-29-25(33)19(27-26(29)34)12-24(32)28-13-17-10-18(15-28)20-4-3-5-23(31)30(20)14-17/h6-7,11,17-20H,3-5,8-10,12-15H2,1-2H3,(H,27,34)/t17-,18+,19?,20?/m1/s1. The summed E-state index contributed by atoms with van der Waals surface area (Å²) in [6, 6.07) is 4.40. The van der Waals surface area contributed by atoms with Crippen LogP contribution >= 0.6 is 0 Å². The Labute approximate surface area is 210 Å². The number of rotatable bonds is 7. The molecule has 5 rings (SSSR count). The predicted molar refractivity (Wildman–Crippen MR) is 129 cm³/mol. The van der Waals surface area contributed by atoms with Crippen molar-refractivity contribution in [3.63, 3.8) is 0 Å². The molecule has 4 atom stereocenters. The molecule has 1 N–H and O–H groups in total. The molecule has 0 radical (unpaired) electrons. The first-order chi connectivity index (χ1) is 17.4. The molecule has 0 spiro atoms. The Morgan fingerprint density at radius 2 is 1.89 bits per heavy atom. The summed E-state index contributed by atoms with van der Waals surface area (Å²) in [6.45, 7) is 2.14. The number of hydrogen-bond donors (Lipinski definition) is 1. The van der Waals surface area contributed by atoms with Gasteiger partial charge in [-0.25, -0.2) is 4.79 Å². The van der Waals surface area contributed by atoms with E-state index in [1.54, 1.807) is 20.3 Å². The molecule has 194 valence electrons. The number of imide groups is 1. The monoisotopic (exact) mass is 498 g/mol. The smallest absolute Gasteiger partial charge is 0.324 e. The van der Waals surface area contributed by atoms with Gasteiger partial charge in [0.05, 0.1) is 20.6 Å². The molecule has 1 aromatic carbocycles. The van der Waals surface area contributed by atoms with Crippen molar-refractivity contribution in [3.05, 3.63) is 23.8 Å². The maximum Gasteiger partial charge on any atom is 0.324 e. The fourth-order valence-corrected chi connectivity index (χ4v) is 6.32. The summed E-state index contributed by atoms with van der Waals surface area (Å²) < 4.78 is 10.6. The number of methoxy groups -OCH3 is 2. The van der Waals surface area contributed by atoms with Gasteiger partial charge in [0.2, 0.25) is 11.8 Å². The molecule has 4 heterocycles. The van der Waals surface area contributed by atoms with Crippen LogP contribution in [0.25, 0.3) is 0 Å². The summed E-state index contributed by atoms with van der Waals surface area (Å²) >= 11 is 0. The van der Waals surface area contributed by atoms with Crippen molar-refractivity contribution in [1.29, 1.82) is 0 Å². The average molecular weight is 499 g/mol. The highest BCUT2D eigenvalue weighted by Gasteiger charge is 2.46. The van der Waals surface area contributed by atoms with Crippen molar-refractivity contribution < 1.29 is 28.7 Å². The fourth-order valence-electron chi connectivity index (χ4n) is 6.32. The Morgan fingerprint density at radius 3 is 2.67 bits per heavy atom. The number of nitrogens with one attached hydrogen (secondary N) is 1. The third kappa shape index (κ3) is 4.60. The quantitative estimate of drug-likeness (QED) is 0.570. The molecule has 10 nitrogen and oxygen atoms in total. The first-order valence-electron chi connectivity index (χ1n) is 12.8. The molecule has 4 aliphatic rings. The van der Waals surface area contributed by atoms with Gasteiger partial charge in [-0.05, 0) is 55.2 Å². The number of urea groups is 1. The van der Waals surface area contributed by atoms with E-state index in [-0.39, 0.29) is 48.6 Å². The lowest BCUT2D eigenvalue weighted by Crippen LogP contribution is -2.61. The van der Waals surface area contributed by atoms with Gasteiger partial charge in [-0.3, -0.25) is 19.3 Å². The van der Waals surface area contributed by atoms with Gasteiger partial charge in [-0.1, -0.05) is 6.07 Å². The summed E-state index contributed by atoms with van der Waals surface area (Å²) in [5.74, 6) is 1.53.